The zero-order valence-electron chi connectivity index (χ0n) is 10.6. The molecule has 3 N–H and O–H groups in total. The van der Waals surface area contributed by atoms with Crippen LogP contribution in [0.1, 0.15) is 22.9 Å². The maximum absolute atomic E-state index is 5.59. The van der Waals surface area contributed by atoms with Crippen molar-refractivity contribution in [3.63, 3.8) is 0 Å². The highest BCUT2D eigenvalue weighted by Gasteiger charge is 2.15. The summed E-state index contributed by atoms with van der Waals surface area (Å²) in [6.07, 6.45) is 2.36. The van der Waals surface area contributed by atoms with E-state index in [9.17, 15) is 0 Å². The molecule has 2 aromatic rings. The van der Waals surface area contributed by atoms with E-state index in [0.29, 0.717) is 0 Å². The van der Waals surface area contributed by atoms with E-state index in [-0.39, 0.29) is 6.04 Å². The van der Waals surface area contributed by atoms with Gasteiger partial charge in [0.25, 0.3) is 0 Å². The van der Waals surface area contributed by atoms with E-state index >= 15 is 0 Å². The van der Waals surface area contributed by atoms with E-state index in [1.807, 2.05) is 24.3 Å². The summed E-state index contributed by atoms with van der Waals surface area (Å²) in [6, 6.07) is 9.81. The molecule has 4 nitrogen and oxygen atoms in total. The van der Waals surface area contributed by atoms with E-state index in [1.165, 1.54) is 5.56 Å². The Kier molecular flexibility index (Phi) is 4.02. The fraction of sp³-hybridized carbons (Fsp3) is 0.286. The first-order valence-corrected chi connectivity index (χ1v) is 5.87. The molecular weight excluding hydrogens is 228 g/mol. The van der Waals surface area contributed by atoms with Gasteiger partial charge in [-0.2, -0.15) is 0 Å². The zero-order chi connectivity index (χ0) is 13.0. The van der Waals surface area contributed by atoms with Crippen molar-refractivity contribution >= 4 is 0 Å². The molecule has 0 fully saturated rings. The normalized spacial score (nSPS) is 12.4. The van der Waals surface area contributed by atoms with Crippen molar-refractivity contribution < 1.29 is 9.15 Å². The van der Waals surface area contributed by atoms with Crippen LogP contribution in [0.15, 0.2) is 41.0 Å². The number of methoxy groups -OCH3 is 1. The molecule has 0 aliphatic rings. The van der Waals surface area contributed by atoms with E-state index in [4.69, 9.17) is 15.0 Å². The van der Waals surface area contributed by atoms with Gasteiger partial charge in [-0.1, -0.05) is 17.7 Å². The Labute approximate surface area is 107 Å². The third-order valence-corrected chi connectivity index (χ3v) is 2.95. The summed E-state index contributed by atoms with van der Waals surface area (Å²) in [6.45, 7) is 2.06. The Balaban J connectivity index is 2.24. The van der Waals surface area contributed by atoms with E-state index in [2.05, 4.69) is 18.4 Å². The quantitative estimate of drug-likeness (QED) is 0.628. The highest BCUT2D eigenvalue weighted by atomic mass is 16.5. The highest BCUT2D eigenvalue weighted by Crippen LogP contribution is 2.25. The molecule has 0 aliphatic carbocycles. The molecule has 0 saturated carbocycles. The first-order chi connectivity index (χ1) is 8.74. The van der Waals surface area contributed by atoms with Crippen molar-refractivity contribution in [3.05, 3.63) is 53.5 Å². The van der Waals surface area contributed by atoms with Crippen molar-refractivity contribution in [1.82, 2.24) is 5.43 Å². The molecule has 0 radical (unpaired) electrons. The molecule has 0 spiro atoms. The number of benzene rings is 1. The maximum atomic E-state index is 5.59. The number of furan rings is 1. The van der Waals surface area contributed by atoms with Crippen molar-refractivity contribution in [2.45, 2.75) is 19.4 Å². The predicted octanol–water partition coefficient (Wildman–Crippen LogP) is 2.34. The molecular formula is C14H18N2O2. The van der Waals surface area contributed by atoms with Gasteiger partial charge in [0, 0.05) is 0 Å². The van der Waals surface area contributed by atoms with Crippen LogP contribution in [0.5, 0.6) is 5.75 Å². The molecule has 2 rings (SSSR count). The fourth-order valence-electron chi connectivity index (χ4n) is 2.02. The Morgan fingerprint density at radius 1 is 1.39 bits per heavy atom. The summed E-state index contributed by atoms with van der Waals surface area (Å²) in [4.78, 5) is 0. The predicted molar refractivity (Wildman–Crippen MR) is 70.2 cm³/mol. The lowest BCUT2D eigenvalue weighted by Gasteiger charge is -2.16. The van der Waals surface area contributed by atoms with E-state index in [1.54, 1.807) is 13.4 Å². The average Bonchev–Trinajstić information content (AvgIpc) is 2.90. The second kappa shape index (κ2) is 5.71. The third kappa shape index (κ3) is 2.72. The molecule has 1 atom stereocenters. The summed E-state index contributed by atoms with van der Waals surface area (Å²) in [5.74, 6) is 7.28. The van der Waals surface area contributed by atoms with Crippen molar-refractivity contribution in [2.75, 3.05) is 7.11 Å². The number of nitrogens with two attached hydrogens (primary N) is 1. The second-order valence-corrected chi connectivity index (χ2v) is 4.25. The second-order valence-electron chi connectivity index (χ2n) is 4.25. The first kappa shape index (κ1) is 12.7. The molecule has 1 aromatic carbocycles. The van der Waals surface area contributed by atoms with Crippen LogP contribution in [-0.4, -0.2) is 7.11 Å². The molecule has 0 amide bonds. The van der Waals surface area contributed by atoms with Gasteiger partial charge in [-0.05, 0) is 37.1 Å². The number of ether oxygens (including phenoxy) is 1. The number of aryl methyl sites for hydroxylation is 1. The van der Waals surface area contributed by atoms with E-state index in [0.717, 1.165) is 23.5 Å². The van der Waals surface area contributed by atoms with Gasteiger partial charge in [-0.25, -0.2) is 5.43 Å². The molecule has 0 aliphatic heterocycles. The molecule has 0 saturated heterocycles. The number of hydrogen-bond acceptors (Lipinski definition) is 4. The first-order valence-electron chi connectivity index (χ1n) is 5.87. The van der Waals surface area contributed by atoms with Gasteiger partial charge in [0.15, 0.2) is 0 Å². The van der Waals surface area contributed by atoms with Crippen LogP contribution in [0.2, 0.25) is 0 Å². The molecule has 4 heteroatoms. The minimum absolute atomic E-state index is 0.0595. The Morgan fingerprint density at radius 2 is 2.22 bits per heavy atom. The topological polar surface area (TPSA) is 60.4 Å². The number of rotatable bonds is 5. The Morgan fingerprint density at radius 3 is 2.83 bits per heavy atom. The summed E-state index contributed by atoms with van der Waals surface area (Å²) in [5, 5.41) is 0. The molecule has 18 heavy (non-hydrogen) atoms. The minimum atomic E-state index is -0.0595. The summed E-state index contributed by atoms with van der Waals surface area (Å²) in [7, 11) is 1.67. The minimum Gasteiger partial charge on any atom is -0.496 e. The molecule has 1 aromatic heterocycles. The maximum Gasteiger partial charge on any atom is 0.122 e. The Hall–Kier alpha value is -1.78. The van der Waals surface area contributed by atoms with Gasteiger partial charge in [-0.3, -0.25) is 5.84 Å². The van der Waals surface area contributed by atoms with Gasteiger partial charge in [0.2, 0.25) is 0 Å². The van der Waals surface area contributed by atoms with Gasteiger partial charge in [0.05, 0.1) is 19.4 Å². The standard InChI is InChI=1S/C14H18N2O2/c1-10-5-6-13(17-2)11(8-10)9-12(16-15)14-4-3-7-18-14/h3-8,12,16H,9,15H2,1-2H3. The van der Waals surface area contributed by atoms with Gasteiger partial charge >= 0.3 is 0 Å². The van der Waals surface area contributed by atoms with Crippen molar-refractivity contribution in [1.29, 1.82) is 0 Å². The lowest BCUT2D eigenvalue weighted by Crippen LogP contribution is -2.29. The van der Waals surface area contributed by atoms with Crippen LogP contribution in [0, 0.1) is 6.92 Å². The summed E-state index contributed by atoms with van der Waals surface area (Å²) >= 11 is 0. The smallest absolute Gasteiger partial charge is 0.122 e. The van der Waals surface area contributed by atoms with Gasteiger partial charge in [0.1, 0.15) is 11.5 Å². The molecule has 96 valence electrons. The third-order valence-electron chi connectivity index (χ3n) is 2.95. The molecule has 1 unspecified atom stereocenters. The van der Waals surface area contributed by atoms with Crippen LogP contribution in [0.3, 0.4) is 0 Å². The SMILES string of the molecule is COc1ccc(C)cc1CC(NN)c1ccco1. The monoisotopic (exact) mass is 246 g/mol. The largest absolute Gasteiger partial charge is 0.496 e. The lowest BCUT2D eigenvalue weighted by atomic mass is 10.0. The van der Waals surface area contributed by atoms with Crippen LogP contribution >= 0.6 is 0 Å². The van der Waals surface area contributed by atoms with Crippen molar-refractivity contribution in [3.8, 4) is 5.75 Å². The summed E-state index contributed by atoms with van der Waals surface area (Å²) < 4.78 is 10.7. The van der Waals surface area contributed by atoms with Crippen molar-refractivity contribution in [2.24, 2.45) is 5.84 Å². The van der Waals surface area contributed by atoms with Crippen LogP contribution in [-0.2, 0) is 6.42 Å². The number of hydrogen-bond donors (Lipinski definition) is 2. The number of nitrogens with one attached hydrogen (secondary N) is 1. The van der Waals surface area contributed by atoms with Crippen LogP contribution < -0.4 is 16.0 Å². The van der Waals surface area contributed by atoms with Crippen LogP contribution in [0.25, 0.3) is 0 Å². The molecule has 0 bridgehead atoms. The molecule has 1 heterocycles. The van der Waals surface area contributed by atoms with E-state index < -0.39 is 0 Å². The Bertz CT molecular complexity index is 495. The lowest BCUT2D eigenvalue weighted by molar-refractivity contribution is 0.392. The van der Waals surface area contributed by atoms with Gasteiger partial charge < -0.3 is 9.15 Å². The zero-order valence-corrected chi connectivity index (χ0v) is 10.6. The van der Waals surface area contributed by atoms with Gasteiger partial charge in [-0.15, -0.1) is 0 Å². The van der Waals surface area contributed by atoms with Crippen LogP contribution in [0.4, 0.5) is 0 Å². The number of hydrazine groups is 1. The fourth-order valence-corrected chi connectivity index (χ4v) is 2.02. The highest BCUT2D eigenvalue weighted by molar-refractivity contribution is 5.37. The average molecular weight is 246 g/mol. The summed E-state index contributed by atoms with van der Waals surface area (Å²) in [5.41, 5.74) is 5.08.